The molecule has 1 N–H and O–H groups in total. The van der Waals surface area contributed by atoms with Crippen LogP contribution >= 0.6 is 15.9 Å². The molecule has 0 aliphatic heterocycles. The Morgan fingerprint density at radius 1 is 1.14 bits per heavy atom. The standard InChI is InChI=1S/C14H10BrF3N2O/c1-21-14-11(16)6-8(12(17)13(14)18)7-19-20-10-4-2-9(15)3-5-10/h2-7,20H,1H3/b19-7+. The number of hydrazone groups is 1. The molecule has 3 nitrogen and oxygen atoms in total. The van der Waals surface area contributed by atoms with Gasteiger partial charge in [-0.25, -0.2) is 8.78 Å². The summed E-state index contributed by atoms with van der Waals surface area (Å²) in [6.45, 7) is 0. The molecule has 0 radical (unpaired) electrons. The summed E-state index contributed by atoms with van der Waals surface area (Å²) < 4.78 is 46.0. The molecule has 2 aromatic rings. The van der Waals surface area contributed by atoms with Crippen molar-refractivity contribution in [1.82, 2.24) is 0 Å². The van der Waals surface area contributed by atoms with Gasteiger partial charge in [0.2, 0.25) is 5.82 Å². The lowest BCUT2D eigenvalue weighted by atomic mass is 10.2. The fraction of sp³-hybridized carbons (Fsp3) is 0.0714. The first kappa shape index (κ1) is 15.4. The molecule has 0 saturated carbocycles. The van der Waals surface area contributed by atoms with E-state index < -0.39 is 23.2 Å². The summed E-state index contributed by atoms with van der Waals surface area (Å²) in [6.07, 6.45) is 0.989. The zero-order chi connectivity index (χ0) is 15.4. The van der Waals surface area contributed by atoms with Crippen LogP contribution in [0.15, 0.2) is 39.9 Å². The normalized spacial score (nSPS) is 10.9. The molecule has 0 aliphatic carbocycles. The molecule has 0 saturated heterocycles. The summed E-state index contributed by atoms with van der Waals surface area (Å²) in [6, 6.07) is 7.83. The Kier molecular flexibility index (Phi) is 4.85. The second-order valence-corrected chi connectivity index (χ2v) is 4.90. The smallest absolute Gasteiger partial charge is 0.204 e. The predicted octanol–water partition coefficient (Wildman–Crippen LogP) is 4.32. The maximum atomic E-state index is 13.7. The maximum absolute atomic E-state index is 13.7. The second-order valence-electron chi connectivity index (χ2n) is 3.99. The van der Waals surface area contributed by atoms with E-state index in [1.54, 1.807) is 24.3 Å². The molecular formula is C14H10BrF3N2O. The second kappa shape index (κ2) is 6.62. The Labute approximate surface area is 127 Å². The molecule has 0 spiro atoms. The van der Waals surface area contributed by atoms with Crippen molar-refractivity contribution in [3.8, 4) is 5.75 Å². The highest BCUT2D eigenvalue weighted by Gasteiger charge is 2.18. The Morgan fingerprint density at radius 3 is 2.43 bits per heavy atom. The first-order valence-corrected chi connectivity index (χ1v) is 6.58. The van der Waals surface area contributed by atoms with E-state index in [-0.39, 0.29) is 5.56 Å². The SMILES string of the molecule is COc1c(F)cc(/C=N/Nc2ccc(Br)cc2)c(F)c1F. The number of methoxy groups -OCH3 is 1. The van der Waals surface area contributed by atoms with Gasteiger partial charge in [-0.2, -0.15) is 9.49 Å². The number of halogens is 4. The van der Waals surface area contributed by atoms with Gasteiger partial charge < -0.3 is 4.74 Å². The molecule has 7 heteroatoms. The third kappa shape index (κ3) is 3.55. The lowest BCUT2D eigenvalue weighted by molar-refractivity contribution is 0.346. The fourth-order valence-corrected chi connectivity index (χ4v) is 1.84. The minimum atomic E-state index is -1.39. The van der Waals surface area contributed by atoms with Crippen molar-refractivity contribution >= 4 is 27.8 Å². The Morgan fingerprint density at radius 2 is 1.81 bits per heavy atom. The van der Waals surface area contributed by atoms with E-state index in [9.17, 15) is 13.2 Å². The van der Waals surface area contributed by atoms with Gasteiger partial charge in [0.15, 0.2) is 17.4 Å². The Balaban J connectivity index is 2.19. The van der Waals surface area contributed by atoms with Crippen LogP contribution in [0.5, 0.6) is 5.75 Å². The fourth-order valence-electron chi connectivity index (χ4n) is 1.58. The molecule has 110 valence electrons. The quantitative estimate of drug-likeness (QED) is 0.501. The van der Waals surface area contributed by atoms with Gasteiger partial charge in [-0.05, 0) is 30.3 Å². The van der Waals surface area contributed by atoms with E-state index in [0.29, 0.717) is 5.69 Å². The summed E-state index contributed by atoms with van der Waals surface area (Å²) in [4.78, 5) is 0. The van der Waals surface area contributed by atoms with Gasteiger partial charge >= 0.3 is 0 Å². The van der Waals surface area contributed by atoms with Crippen LogP contribution in [0.3, 0.4) is 0 Å². The minimum Gasteiger partial charge on any atom is -0.491 e. The molecule has 0 bridgehead atoms. The number of nitrogens with one attached hydrogen (secondary N) is 1. The zero-order valence-corrected chi connectivity index (χ0v) is 12.4. The lowest BCUT2D eigenvalue weighted by Gasteiger charge is -2.06. The van der Waals surface area contributed by atoms with E-state index in [2.05, 4.69) is 31.2 Å². The van der Waals surface area contributed by atoms with E-state index in [1.165, 1.54) is 0 Å². The molecule has 0 aliphatic rings. The van der Waals surface area contributed by atoms with Crippen LogP contribution < -0.4 is 10.2 Å². The predicted molar refractivity (Wildman–Crippen MR) is 78.2 cm³/mol. The van der Waals surface area contributed by atoms with E-state index >= 15 is 0 Å². The first-order valence-electron chi connectivity index (χ1n) is 5.79. The summed E-state index contributed by atoms with van der Waals surface area (Å²) in [5.41, 5.74) is 2.94. The number of hydrogen-bond donors (Lipinski definition) is 1. The zero-order valence-electron chi connectivity index (χ0n) is 10.8. The highest BCUT2D eigenvalue weighted by molar-refractivity contribution is 9.10. The molecule has 0 amide bonds. The van der Waals surface area contributed by atoms with Crippen LogP contribution in [-0.2, 0) is 0 Å². The molecule has 2 rings (SSSR count). The van der Waals surface area contributed by atoms with Gasteiger partial charge in [-0.3, -0.25) is 5.43 Å². The maximum Gasteiger partial charge on any atom is 0.204 e. The van der Waals surface area contributed by atoms with Crippen molar-refractivity contribution in [3.05, 3.63) is 57.8 Å². The third-order valence-electron chi connectivity index (χ3n) is 2.59. The highest BCUT2D eigenvalue weighted by atomic mass is 79.9. The molecule has 0 aromatic heterocycles. The van der Waals surface area contributed by atoms with Crippen LogP contribution in [0.4, 0.5) is 18.9 Å². The molecule has 21 heavy (non-hydrogen) atoms. The van der Waals surface area contributed by atoms with Crippen molar-refractivity contribution in [2.45, 2.75) is 0 Å². The first-order chi connectivity index (χ1) is 10.0. The van der Waals surface area contributed by atoms with Crippen molar-refractivity contribution in [2.24, 2.45) is 5.10 Å². The molecule has 0 unspecified atom stereocenters. The number of benzene rings is 2. The monoisotopic (exact) mass is 358 g/mol. The Bertz CT molecular complexity index is 675. The van der Waals surface area contributed by atoms with Gasteiger partial charge in [-0.1, -0.05) is 15.9 Å². The van der Waals surface area contributed by atoms with Crippen molar-refractivity contribution in [1.29, 1.82) is 0 Å². The average molecular weight is 359 g/mol. The number of ether oxygens (including phenoxy) is 1. The van der Waals surface area contributed by atoms with Crippen LogP contribution in [0.25, 0.3) is 0 Å². The molecule has 0 fully saturated rings. The largest absolute Gasteiger partial charge is 0.491 e. The molecule has 0 heterocycles. The summed E-state index contributed by atoms with van der Waals surface area (Å²) >= 11 is 3.28. The van der Waals surface area contributed by atoms with Crippen LogP contribution in [0, 0.1) is 17.5 Å². The van der Waals surface area contributed by atoms with Gasteiger partial charge in [-0.15, -0.1) is 0 Å². The summed E-state index contributed by atoms with van der Waals surface area (Å²) in [5.74, 6) is -4.37. The van der Waals surface area contributed by atoms with E-state index in [1.807, 2.05) is 0 Å². The number of anilines is 1. The van der Waals surface area contributed by atoms with Crippen LogP contribution in [-0.4, -0.2) is 13.3 Å². The van der Waals surface area contributed by atoms with E-state index in [4.69, 9.17) is 0 Å². The van der Waals surface area contributed by atoms with Crippen LogP contribution in [0.2, 0.25) is 0 Å². The number of nitrogens with zero attached hydrogens (tertiary/aromatic N) is 1. The van der Waals surface area contributed by atoms with Gasteiger partial charge in [0, 0.05) is 10.0 Å². The molecule has 2 aromatic carbocycles. The number of rotatable bonds is 4. The van der Waals surface area contributed by atoms with Crippen molar-refractivity contribution in [2.75, 3.05) is 12.5 Å². The topological polar surface area (TPSA) is 33.6 Å². The summed E-state index contributed by atoms with van der Waals surface area (Å²) in [5, 5.41) is 3.74. The third-order valence-corrected chi connectivity index (χ3v) is 3.12. The number of hydrogen-bond acceptors (Lipinski definition) is 3. The van der Waals surface area contributed by atoms with Gasteiger partial charge in [0.1, 0.15) is 0 Å². The molecular weight excluding hydrogens is 349 g/mol. The van der Waals surface area contributed by atoms with Gasteiger partial charge in [0.05, 0.1) is 19.0 Å². The van der Waals surface area contributed by atoms with Gasteiger partial charge in [0.25, 0.3) is 0 Å². The average Bonchev–Trinajstić information content (AvgIpc) is 2.47. The van der Waals surface area contributed by atoms with Crippen molar-refractivity contribution < 1.29 is 17.9 Å². The summed E-state index contributed by atoms with van der Waals surface area (Å²) in [7, 11) is 1.06. The molecule has 0 atom stereocenters. The van der Waals surface area contributed by atoms with Crippen LogP contribution in [0.1, 0.15) is 5.56 Å². The Hall–Kier alpha value is -2.02. The lowest BCUT2D eigenvalue weighted by Crippen LogP contribution is -2.01. The minimum absolute atomic E-state index is 0.324. The van der Waals surface area contributed by atoms with Crippen molar-refractivity contribution in [3.63, 3.8) is 0 Å². The van der Waals surface area contributed by atoms with E-state index in [0.717, 1.165) is 23.9 Å². The highest BCUT2D eigenvalue weighted by Crippen LogP contribution is 2.25.